The number of nitrogens with zero attached hydrogens (tertiary/aromatic N) is 2. The molecule has 0 unspecified atom stereocenters. The Kier molecular flexibility index (Phi) is 7.39. The van der Waals surface area contributed by atoms with E-state index in [0.29, 0.717) is 36.6 Å². The highest BCUT2D eigenvalue weighted by Gasteiger charge is 2.26. The topological polar surface area (TPSA) is 143 Å². The molecule has 0 aliphatic carbocycles. The number of nitro groups is 1. The third-order valence-corrected chi connectivity index (χ3v) is 7.96. The fraction of sp³-hybridized carbons (Fsp3) is 0. The van der Waals surface area contributed by atoms with Crippen molar-refractivity contribution >= 4 is 97.4 Å². The van der Waals surface area contributed by atoms with E-state index in [1.165, 1.54) is 29.5 Å². The standard InChI is InChI=1S/C25H14ClN5O5S3/c26-14-4-2-13(3-5-14)21(32)27-15-6-7-17-20(11-15)39-25(28-17)38-19-8-1-12(10-18(19)31(35)36)9-16-22(33)29-24(37)30-23(16)34/h1-11H,(H,27,32)(H2,29,30,33,34,37). The van der Waals surface area contributed by atoms with Gasteiger partial charge in [0.1, 0.15) is 5.57 Å². The van der Waals surface area contributed by atoms with Crippen LogP contribution in [0.3, 0.4) is 0 Å². The molecule has 1 aliphatic rings. The van der Waals surface area contributed by atoms with E-state index in [9.17, 15) is 24.5 Å². The zero-order chi connectivity index (χ0) is 27.7. The number of amides is 3. The quantitative estimate of drug-likeness (QED) is 0.0910. The third-order valence-electron chi connectivity index (χ3n) is 5.36. The molecule has 3 N–H and O–H groups in total. The van der Waals surface area contributed by atoms with Gasteiger partial charge >= 0.3 is 0 Å². The van der Waals surface area contributed by atoms with Crippen molar-refractivity contribution in [3.63, 3.8) is 0 Å². The summed E-state index contributed by atoms with van der Waals surface area (Å²) < 4.78 is 1.34. The van der Waals surface area contributed by atoms with Crippen LogP contribution in [-0.4, -0.2) is 32.7 Å². The lowest BCUT2D eigenvalue weighted by atomic mass is 10.1. The third kappa shape index (κ3) is 5.96. The molecular weight excluding hydrogens is 582 g/mol. The van der Waals surface area contributed by atoms with Gasteiger partial charge in [0.25, 0.3) is 23.4 Å². The molecule has 5 rings (SSSR count). The fourth-order valence-corrected chi connectivity index (χ4v) is 6.01. The molecule has 2 heterocycles. The summed E-state index contributed by atoms with van der Waals surface area (Å²) in [6.07, 6.45) is 1.26. The van der Waals surface area contributed by atoms with Crippen molar-refractivity contribution in [2.45, 2.75) is 9.24 Å². The molecular formula is C25H14ClN5O5S3. The fourth-order valence-electron chi connectivity index (χ4n) is 3.55. The Labute approximate surface area is 238 Å². The van der Waals surface area contributed by atoms with Crippen molar-refractivity contribution < 1.29 is 19.3 Å². The maximum Gasteiger partial charge on any atom is 0.283 e. The van der Waals surface area contributed by atoms with Crippen LogP contribution in [0.5, 0.6) is 0 Å². The highest BCUT2D eigenvalue weighted by molar-refractivity contribution is 8.01. The predicted octanol–water partition coefficient (Wildman–Crippen LogP) is 5.18. The molecule has 0 atom stereocenters. The number of rotatable bonds is 6. The number of benzene rings is 3. The predicted molar refractivity (Wildman–Crippen MR) is 153 cm³/mol. The van der Waals surface area contributed by atoms with Crippen LogP contribution in [0.1, 0.15) is 15.9 Å². The summed E-state index contributed by atoms with van der Waals surface area (Å²) in [5, 5.41) is 19.7. The van der Waals surface area contributed by atoms with Crippen molar-refractivity contribution in [1.29, 1.82) is 0 Å². The van der Waals surface area contributed by atoms with Gasteiger partial charge in [-0.2, -0.15) is 0 Å². The molecule has 4 aromatic rings. The summed E-state index contributed by atoms with van der Waals surface area (Å²) in [6.45, 7) is 0. The summed E-state index contributed by atoms with van der Waals surface area (Å²) in [5.41, 5.74) is 1.56. The summed E-state index contributed by atoms with van der Waals surface area (Å²) in [6, 6.07) is 16.1. The smallest absolute Gasteiger partial charge is 0.283 e. The molecule has 0 radical (unpaired) electrons. The lowest BCUT2D eigenvalue weighted by Crippen LogP contribution is -2.51. The molecule has 0 saturated carbocycles. The van der Waals surface area contributed by atoms with Crippen LogP contribution >= 0.6 is 46.9 Å². The summed E-state index contributed by atoms with van der Waals surface area (Å²) in [5.74, 6) is -1.67. The first-order valence-electron chi connectivity index (χ1n) is 11.0. The van der Waals surface area contributed by atoms with E-state index in [2.05, 4.69) is 20.9 Å². The second kappa shape index (κ2) is 10.9. The average molecular weight is 596 g/mol. The monoisotopic (exact) mass is 595 g/mol. The van der Waals surface area contributed by atoms with Crippen molar-refractivity contribution in [2.75, 3.05) is 5.32 Å². The molecule has 1 fully saturated rings. The highest BCUT2D eigenvalue weighted by atomic mass is 35.5. The van der Waals surface area contributed by atoms with Gasteiger partial charge in [-0.25, -0.2) is 4.98 Å². The minimum absolute atomic E-state index is 0.105. The number of thiocarbonyl (C=S) groups is 1. The molecule has 1 aliphatic heterocycles. The number of nitrogens with one attached hydrogen (secondary N) is 3. The van der Waals surface area contributed by atoms with Gasteiger partial charge in [0.2, 0.25) is 0 Å². The molecule has 3 aromatic carbocycles. The van der Waals surface area contributed by atoms with E-state index in [4.69, 9.17) is 23.8 Å². The molecule has 1 saturated heterocycles. The normalized spacial score (nSPS) is 13.2. The molecule has 14 heteroatoms. The van der Waals surface area contributed by atoms with Crippen LogP contribution in [0.4, 0.5) is 11.4 Å². The number of thiazole rings is 1. The van der Waals surface area contributed by atoms with Gasteiger partial charge < -0.3 is 5.32 Å². The van der Waals surface area contributed by atoms with Crippen LogP contribution in [0.2, 0.25) is 5.02 Å². The number of hydrogen-bond acceptors (Lipinski definition) is 9. The van der Waals surface area contributed by atoms with Gasteiger partial charge in [-0.05, 0) is 72.4 Å². The first kappa shape index (κ1) is 26.4. The Hall–Kier alpha value is -4.17. The number of halogens is 1. The summed E-state index contributed by atoms with van der Waals surface area (Å²) >= 11 is 13.1. The van der Waals surface area contributed by atoms with Crippen LogP contribution in [0.15, 0.2) is 75.5 Å². The second-order valence-corrected chi connectivity index (χ2v) is 11.2. The number of anilines is 1. The Balaban J connectivity index is 1.37. The maximum absolute atomic E-state index is 12.5. The summed E-state index contributed by atoms with van der Waals surface area (Å²) in [7, 11) is 0. The van der Waals surface area contributed by atoms with Gasteiger partial charge in [0.15, 0.2) is 9.45 Å². The van der Waals surface area contributed by atoms with Crippen molar-refractivity contribution in [2.24, 2.45) is 0 Å². The first-order chi connectivity index (χ1) is 18.7. The maximum atomic E-state index is 12.5. The molecule has 1 aromatic heterocycles. The molecule has 0 spiro atoms. The number of carbonyl (C=O) groups is 3. The molecule has 3 amide bonds. The Bertz CT molecular complexity index is 1710. The van der Waals surface area contributed by atoms with E-state index in [1.54, 1.807) is 48.5 Å². The van der Waals surface area contributed by atoms with Crippen LogP contribution in [0, 0.1) is 10.1 Å². The summed E-state index contributed by atoms with van der Waals surface area (Å²) in [4.78, 5) is 52.9. The van der Waals surface area contributed by atoms with Crippen LogP contribution < -0.4 is 16.0 Å². The van der Waals surface area contributed by atoms with E-state index in [-0.39, 0.29) is 22.3 Å². The molecule has 10 nitrogen and oxygen atoms in total. The van der Waals surface area contributed by atoms with Crippen LogP contribution in [-0.2, 0) is 9.59 Å². The van der Waals surface area contributed by atoms with Crippen molar-refractivity contribution in [1.82, 2.24) is 15.6 Å². The number of carbonyl (C=O) groups excluding carboxylic acids is 3. The Morgan fingerprint density at radius 2 is 1.79 bits per heavy atom. The SMILES string of the molecule is O=C1NC(=S)NC(=O)C1=Cc1ccc(Sc2nc3ccc(NC(=O)c4ccc(Cl)cc4)cc3s2)c([N+](=O)[O-])c1. The number of aromatic nitrogens is 1. The van der Waals surface area contributed by atoms with Gasteiger partial charge in [0.05, 0.1) is 20.0 Å². The van der Waals surface area contributed by atoms with Gasteiger partial charge in [0, 0.05) is 22.3 Å². The van der Waals surface area contributed by atoms with Crippen LogP contribution in [0.25, 0.3) is 16.3 Å². The van der Waals surface area contributed by atoms with Crippen molar-refractivity contribution in [3.8, 4) is 0 Å². The van der Waals surface area contributed by atoms with Crippen molar-refractivity contribution in [3.05, 3.63) is 92.5 Å². The van der Waals surface area contributed by atoms with E-state index >= 15 is 0 Å². The number of fused-ring (bicyclic) bond motifs is 1. The largest absolute Gasteiger partial charge is 0.322 e. The van der Waals surface area contributed by atoms with Gasteiger partial charge in [-0.3, -0.25) is 35.1 Å². The highest BCUT2D eigenvalue weighted by Crippen LogP contribution is 2.40. The lowest BCUT2D eigenvalue weighted by molar-refractivity contribution is -0.387. The van der Waals surface area contributed by atoms with E-state index in [1.807, 2.05) is 0 Å². The molecule has 0 bridgehead atoms. The second-order valence-electron chi connectivity index (χ2n) is 8.01. The lowest BCUT2D eigenvalue weighted by Gasteiger charge is -2.16. The van der Waals surface area contributed by atoms with Gasteiger partial charge in [-0.1, -0.05) is 29.4 Å². The zero-order valence-electron chi connectivity index (χ0n) is 19.4. The Morgan fingerprint density at radius 3 is 2.49 bits per heavy atom. The first-order valence-corrected chi connectivity index (χ1v) is 13.4. The number of hydrogen-bond donors (Lipinski definition) is 3. The van der Waals surface area contributed by atoms with E-state index in [0.717, 1.165) is 16.5 Å². The minimum Gasteiger partial charge on any atom is -0.322 e. The molecule has 39 heavy (non-hydrogen) atoms. The molecule has 194 valence electrons. The minimum atomic E-state index is -0.692. The average Bonchev–Trinajstić information content (AvgIpc) is 3.28. The van der Waals surface area contributed by atoms with E-state index < -0.39 is 16.7 Å². The Morgan fingerprint density at radius 1 is 1.08 bits per heavy atom. The van der Waals surface area contributed by atoms with Gasteiger partial charge in [-0.15, -0.1) is 11.3 Å². The number of nitro benzene ring substituents is 1. The zero-order valence-corrected chi connectivity index (χ0v) is 22.6.